The molecule has 0 aromatic heterocycles. The first-order valence-electron chi connectivity index (χ1n) is 11.9. The second-order valence-electron chi connectivity index (χ2n) is 8.97. The van der Waals surface area contributed by atoms with Crippen molar-refractivity contribution in [2.45, 2.75) is 83.0 Å². The van der Waals surface area contributed by atoms with Gasteiger partial charge in [0.2, 0.25) is 0 Å². The number of allylic oxidation sites excluding steroid dienone is 3. The molecular formula is C26H37NO2. The van der Waals surface area contributed by atoms with E-state index >= 15 is 0 Å². The first-order valence-corrected chi connectivity index (χ1v) is 11.9. The number of unbranched alkanes of at least 4 members (excludes halogenated alkanes) is 1. The van der Waals surface area contributed by atoms with Crippen LogP contribution in [-0.2, 0) is 0 Å². The smallest absolute Gasteiger partial charge is 0.134 e. The van der Waals surface area contributed by atoms with Crippen molar-refractivity contribution in [2.24, 2.45) is 11.7 Å². The van der Waals surface area contributed by atoms with Crippen molar-refractivity contribution in [1.82, 2.24) is 0 Å². The predicted octanol–water partition coefficient (Wildman–Crippen LogP) is 6.64. The fourth-order valence-electron chi connectivity index (χ4n) is 5.08. The Hall–Kier alpha value is -1.74. The SMILES string of the molecule is NCCCCC1C2=CCCC=C2Oc2cc(OCC3CCCCCCC3)ccc21. The van der Waals surface area contributed by atoms with Gasteiger partial charge in [-0.15, -0.1) is 0 Å². The lowest BCUT2D eigenvalue weighted by Gasteiger charge is -2.32. The van der Waals surface area contributed by atoms with Gasteiger partial charge in [0, 0.05) is 17.5 Å². The van der Waals surface area contributed by atoms with E-state index in [9.17, 15) is 0 Å². The van der Waals surface area contributed by atoms with Crippen LogP contribution >= 0.6 is 0 Å². The van der Waals surface area contributed by atoms with Crippen molar-refractivity contribution in [3.8, 4) is 11.5 Å². The molecule has 1 aromatic carbocycles. The zero-order valence-corrected chi connectivity index (χ0v) is 17.8. The molecule has 1 aromatic rings. The van der Waals surface area contributed by atoms with Gasteiger partial charge in [-0.25, -0.2) is 0 Å². The molecule has 4 rings (SSSR count). The Bertz CT molecular complexity index is 728. The maximum atomic E-state index is 6.33. The van der Waals surface area contributed by atoms with Crippen LogP contribution in [0, 0.1) is 5.92 Å². The maximum Gasteiger partial charge on any atom is 0.134 e. The van der Waals surface area contributed by atoms with Gasteiger partial charge in [-0.3, -0.25) is 0 Å². The molecule has 1 fully saturated rings. The average molecular weight is 396 g/mol. The Labute approximate surface area is 176 Å². The summed E-state index contributed by atoms with van der Waals surface area (Å²) in [4.78, 5) is 0. The molecule has 2 N–H and O–H groups in total. The molecule has 0 spiro atoms. The highest BCUT2D eigenvalue weighted by molar-refractivity contribution is 5.54. The van der Waals surface area contributed by atoms with Gasteiger partial charge in [0.1, 0.15) is 17.3 Å². The topological polar surface area (TPSA) is 44.5 Å². The van der Waals surface area contributed by atoms with Crippen LogP contribution in [0.5, 0.6) is 11.5 Å². The third kappa shape index (κ3) is 5.25. The Kier molecular flexibility index (Phi) is 7.32. The van der Waals surface area contributed by atoms with Crippen LogP contribution in [0.2, 0.25) is 0 Å². The van der Waals surface area contributed by atoms with E-state index in [2.05, 4.69) is 30.4 Å². The predicted molar refractivity (Wildman–Crippen MR) is 119 cm³/mol. The quantitative estimate of drug-likeness (QED) is 0.527. The molecule has 0 amide bonds. The number of nitrogens with two attached hydrogens (primary N) is 1. The highest BCUT2D eigenvalue weighted by atomic mass is 16.5. The molecular weight excluding hydrogens is 358 g/mol. The molecule has 0 radical (unpaired) electrons. The number of ether oxygens (including phenoxy) is 2. The summed E-state index contributed by atoms with van der Waals surface area (Å²) in [5.74, 6) is 4.14. The van der Waals surface area contributed by atoms with Crippen LogP contribution in [0.4, 0.5) is 0 Å². The molecule has 3 nitrogen and oxygen atoms in total. The Morgan fingerprint density at radius 2 is 1.76 bits per heavy atom. The molecule has 29 heavy (non-hydrogen) atoms. The third-order valence-corrected chi connectivity index (χ3v) is 6.76. The molecule has 158 valence electrons. The van der Waals surface area contributed by atoms with Crippen molar-refractivity contribution < 1.29 is 9.47 Å². The zero-order chi connectivity index (χ0) is 19.9. The van der Waals surface area contributed by atoms with Crippen molar-refractivity contribution in [3.63, 3.8) is 0 Å². The normalized spacial score (nSPS) is 22.3. The average Bonchev–Trinajstić information content (AvgIpc) is 2.72. The van der Waals surface area contributed by atoms with E-state index < -0.39 is 0 Å². The van der Waals surface area contributed by atoms with Crippen molar-refractivity contribution in [3.05, 3.63) is 47.2 Å². The molecule has 3 heteroatoms. The summed E-state index contributed by atoms with van der Waals surface area (Å²) in [5, 5.41) is 0. The highest BCUT2D eigenvalue weighted by Gasteiger charge is 2.30. The summed E-state index contributed by atoms with van der Waals surface area (Å²) in [5.41, 5.74) is 8.43. The minimum Gasteiger partial charge on any atom is -0.493 e. The molecule has 1 heterocycles. The van der Waals surface area contributed by atoms with Gasteiger partial charge in [-0.1, -0.05) is 50.7 Å². The lowest BCUT2D eigenvalue weighted by atomic mass is 9.81. The van der Waals surface area contributed by atoms with Crippen LogP contribution in [0.1, 0.15) is 88.5 Å². The molecule has 0 saturated heterocycles. The molecule has 1 aliphatic heterocycles. The Balaban J connectivity index is 1.46. The van der Waals surface area contributed by atoms with Crippen molar-refractivity contribution in [2.75, 3.05) is 13.2 Å². The Morgan fingerprint density at radius 3 is 2.59 bits per heavy atom. The minimum atomic E-state index is 0.427. The minimum absolute atomic E-state index is 0.427. The lowest BCUT2D eigenvalue weighted by molar-refractivity contribution is 0.217. The van der Waals surface area contributed by atoms with E-state index in [1.54, 1.807) is 0 Å². The molecule has 1 atom stereocenters. The van der Waals surface area contributed by atoms with Crippen LogP contribution in [0.3, 0.4) is 0 Å². The molecule has 3 aliphatic rings. The number of rotatable bonds is 7. The third-order valence-electron chi connectivity index (χ3n) is 6.76. The van der Waals surface area contributed by atoms with E-state index in [0.717, 1.165) is 62.5 Å². The van der Waals surface area contributed by atoms with Crippen molar-refractivity contribution >= 4 is 0 Å². The van der Waals surface area contributed by atoms with Gasteiger partial charge in [-0.2, -0.15) is 0 Å². The molecule has 1 unspecified atom stereocenters. The molecule has 1 saturated carbocycles. The second-order valence-corrected chi connectivity index (χ2v) is 8.97. The van der Waals surface area contributed by atoms with Gasteiger partial charge in [-0.05, 0) is 68.7 Å². The largest absolute Gasteiger partial charge is 0.493 e. The summed E-state index contributed by atoms with van der Waals surface area (Å²) >= 11 is 0. The standard InChI is InChI=1S/C26H37NO2/c27-17-9-8-12-22-23-13-6-7-14-25(23)29-26-18-21(15-16-24(22)26)28-19-20-10-4-2-1-3-5-11-20/h13-16,18,20,22H,1-12,17,19,27H2. The lowest BCUT2D eigenvalue weighted by Crippen LogP contribution is -2.19. The van der Waals surface area contributed by atoms with E-state index in [1.807, 2.05) is 0 Å². The van der Waals surface area contributed by atoms with Gasteiger partial charge >= 0.3 is 0 Å². The number of benzene rings is 1. The summed E-state index contributed by atoms with van der Waals surface area (Å²) in [7, 11) is 0. The summed E-state index contributed by atoms with van der Waals surface area (Å²) < 4.78 is 12.6. The maximum absolute atomic E-state index is 6.33. The van der Waals surface area contributed by atoms with Gasteiger partial charge < -0.3 is 15.2 Å². The van der Waals surface area contributed by atoms with Crippen LogP contribution in [-0.4, -0.2) is 13.2 Å². The van der Waals surface area contributed by atoms with E-state index in [-0.39, 0.29) is 0 Å². The summed E-state index contributed by atoms with van der Waals surface area (Å²) in [6, 6.07) is 6.52. The van der Waals surface area contributed by atoms with Crippen molar-refractivity contribution in [1.29, 1.82) is 0 Å². The fourth-order valence-corrected chi connectivity index (χ4v) is 5.08. The fraction of sp³-hybridized carbons (Fsp3) is 0.615. The first kappa shape index (κ1) is 20.5. The number of fused-ring (bicyclic) bond motifs is 2. The summed E-state index contributed by atoms with van der Waals surface area (Å²) in [6.45, 7) is 1.61. The first-order chi connectivity index (χ1) is 14.3. The van der Waals surface area contributed by atoms with Crippen LogP contribution < -0.4 is 15.2 Å². The van der Waals surface area contributed by atoms with Crippen LogP contribution in [0.25, 0.3) is 0 Å². The number of hydrogen-bond acceptors (Lipinski definition) is 3. The van der Waals surface area contributed by atoms with Gasteiger partial charge in [0.15, 0.2) is 0 Å². The molecule has 0 bridgehead atoms. The highest BCUT2D eigenvalue weighted by Crippen LogP contribution is 2.46. The zero-order valence-electron chi connectivity index (χ0n) is 17.8. The van der Waals surface area contributed by atoms with Crippen LogP contribution in [0.15, 0.2) is 41.7 Å². The molecule has 2 aliphatic carbocycles. The number of hydrogen-bond donors (Lipinski definition) is 1. The van der Waals surface area contributed by atoms with E-state index in [4.69, 9.17) is 15.2 Å². The van der Waals surface area contributed by atoms with Gasteiger partial charge in [0.25, 0.3) is 0 Å². The van der Waals surface area contributed by atoms with E-state index in [1.165, 1.54) is 56.1 Å². The monoisotopic (exact) mass is 395 g/mol. The van der Waals surface area contributed by atoms with E-state index in [0.29, 0.717) is 11.8 Å². The second kappa shape index (κ2) is 10.3. The van der Waals surface area contributed by atoms with Gasteiger partial charge in [0.05, 0.1) is 6.61 Å². The summed E-state index contributed by atoms with van der Waals surface area (Å²) in [6.07, 6.45) is 19.7. The Morgan fingerprint density at radius 1 is 0.966 bits per heavy atom.